The van der Waals surface area contributed by atoms with Crippen LogP contribution in [0, 0.1) is 112 Å². The minimum absolute atomic E-state index is 0.109. The summed E-state index contributed by atoms with van der Waals surface area (Å²) in [5.74, 6) is -19.1. The Morgan fingerprint density at radius 1 is 0.213 bits per heavy atom. The molecule has 0 spiro atoms. The van der Waals surface area contributed by atoms with Crippen molar-refractivity contribution in [1.82, 2.24) is 0 Å². The summed E-state index contributed by atoms with van der Waals surface area (Å²) < 4.78 is 414. The molecule has 7 nitrogen and oxygen atoms in total. The van der Waals surface area contributed by atoms with E-state index in [1.807, 2.05) is 32.0 Å². The van der Waals surface area contributed by atoms with E-state index in [-0.39, 0.29) is 43.5 Å². The third kappa shape index (κ3) is 27.2. The molecular weight excluding hydrogens is 1710 g/mol. The number of aryl methyl sites for hydroxylation is 7. The second-order valence-electron chi connectivity index (χ2n) is 26.0. The van der Waals surface area contributed by atoms with Gasteiger partial charge in [0.15, 0.2) is 58.0 Å². The van der Waals surface area contributed by atoms with Gasteiger partial charge in [-0.25, -0.2) is 48.3 Å². The number of ether oxygens (including phenoxy) is 7. The molecule has 0 N–H and O–H groups in total. The normalized spacial score (nSPS) is 11.8. The molecule has 0 aliphatic heterocycles. The summed E-state index contributed by atoms with van der Waals surface area (Å²) in [6.07, 6.45) is -30.1. The molecule has 0 unspecified atom stereocenters. The zero-order valence-electron chi connectivity index (χ0n) is 62.5. The lowest BCUT2D eigenvalue weighted by Gasteiger charge is -2.12. The van der Waals surface area contributed by atoms with Crippen molar-refractivity contribution in [3.63, 3.8) is 0 Å². The van der Waals surface area contributed by atoms with Gasteiger partial charge in [-0.1, -0.05) is 114 Å². The van der Waals surface area contributed by atoms with Crippen LogP contribution in [0.15, 0.2) is 188 Å². The Kier molecular flexibility index (Phi) is 29.5. The minimum atomic E-state index is -5.27. The molecule has 0 aliphatic rings. The van der Waals surface area contributed by atoms with E-state index in [4.69, 9.17) is 0 Å². The standard InChI is InChI=1S/C12H6F6O.3C12H7F5O.2C12H8F4O.C12H10F2O/c1-5-2-6-4-8(14)11(19-12(16,17)18)10(15)9(6)7(13)3-5;1-6-2-7-4-10(14)11(18-12(15,16)17)5-8(7)9(13)3-6;1-6-4-7-2-3-9(18-12(15,16)17)11(14)10(7)8(13)5-6;1-6-2-3-8-7(4-6)5-9(13)11(10(8)14)18-12(15,16)17;1-7-4-8-2-3-9(17-12(14,15)16)6-10(8)11(13)5-7;1-7-2-3-8-6-11(17-12(14,15)16)10(13)5-9(8)4-7;1-8-2-3-10-7-11(15-12(13)14)5-4-9(10)6-8/h2-4H,1H3;3*2-5H,1H3;2*2-6H,1H3;2-7,12H,1H3. The van der Waals surface area contributed by atoms with Crippen LogP contribution >= 0.6 is 0 Å². The smallest absolute Gasteiger partial charge is 0.435 e. The number of alkyl halides is 20. The van der Waals surface area contributed by atoms with Crippen LogP contribution in [0.2, 0.25) is 0 Å². The number of benzene rings is 14. The zero-order chi connectivity index (χ0) is 91.0. The summed E-state index contributed by atoms with van der Waals surface area (Å²) in [5, 5.41) is 2.47. The first-order valence-corrected chi connectivity index (χ1v) is 34.0. The third-order valence-electron chi connectivity index (χ3n) is 16.1. The molecule has 0 bridgehead atoms. The second-order valence-corrected chi connectivity index (χ2v) is 26.0. The van der Waals surface area contributed by atoms with Crippen LogP contribution in [0.4, 0.5) is 136 Å². The minimum Gasteiger partial charge on any atom is -0.435 e. The van der Waals surface area contributed by atoms with Gasteiger partial charge in [-0.3, -0.25) is 0 Å². The van der Waals surface area contributed by atoms with Crippen LogP contribution in [-0.2, 0) is 0 Å². The summed E-state index contributed by atoms with van der Waals surface area (Å²) >= 11 is 0. The van der Waals surface area contributed by atoms with Crippen LogP contribution < -0.4 is 33.2 Å². The summed E-state index contributed by atoms with van der Waals surface area (Å²) in [4.78, 5) is 0. The Morgan fingerprint density at radius 3 is 1.06 bits per heavy atom. The predicted octanol–water partition coefficient (Wildman–Crippen LogP) is 29.6. The first-order chi connectivity index (χ1) is 56.3. The number of fused-ring (bicyclic) bond motifs is 7. The molecule has 14 aromatic carbocycles. The van der Waals surface area contributed by atoms with Crippen molar-refractivity contribution in [1.29, 1.82) is 0 Å². The van der Waals surface area contributed by atoms with E-state index < -0.39 is 154 Å². The molecule has 0 aromatic heterocycles. The van der Waals surface area contributed by atoms with E-state index in [1.54, 1.807) is 70.2 Å². The lowest BCUT2D eigenvalue weighted by Crippen LogP contribution is -2.19. The van der Waals surface area contributed by atoms with E-state index in [2.05, 4.69) is 33.2 Å². The molecular formula is C84H53F31O7. The van der Waals surface area contributed by atoms with Gasteiger partial charge >= 0.3 is 44.8 Å². The number of halogens is 31. The zero-order valence-corrected chi connectivity index (χ0v) is 62.5. The molecule has 0 aliphatic carbocycles. The Morgan fingerprint density at radius 2 is 0.549 bits per heavy atom. The molecule has 0 amide bonds. The van der Waals surface area contributed by atoms with Gasteiger partial charge in [-0.2, -0.15) is 8.78 Å². The summed E-state index contributed by atoms with van der Waals surface area (Å²) in [7, 11) is 0. The molecule has 14 rings (SSSR count). The fourth-order valence-electron chi connectivity index (χ4n) is 11.5. The van der Waals surface area contributed by atoms with Gasteiger partial charge in [0.25, 0.3) is 0 Å². The summed E-state index contributed by atoms with van der Waals surface area (Å²) in [6, 6.07) is 40.9. The first kappa shape index (κ1) is 94.8. The summed E-state index contributed by atoms with van der Waals surface area (Å²) in [6.45, 7) is 9.13. The molecule has 0 fully saturated rings. The van der Waals surface area contributed by atoms with Gasteiger partial charge in [0.1, 0.15) is 34.8 Å². The van der Waals surface area contributed by atoms with E-state index in [0.717, 1.165) is 88.1 Å². The maximum atomic E-state index is 13.7. The van der Waals surface area contributed by atoms with Gasteiger partial charge in [-0.15, -0.1) is 79.0 Å². The predicted molar refractivity (Wildman–Crippen MR) is 387 cm³/mol. The van der Waals surface area contributed by atoms with Gasteiger partial charge in [-0.05, 0) is 210 Å². The largest absolute Gasteiger partial charge is 0.573 e. The maximum absolute atomic E-state index is 13.7. The third-order valence-corrected chi connectivity index (χ3v) is 16.1. The van der Waals surface area contributed by atoms with Crippen molar-refractivity contribution in [3.8, 4) is 40.2 Å². The number of hydrogen-bond donors (Lipinski definition) is 0. The number of rotatable bonds is 8. The molecule has 0 saturated heterocycles. The topological polar surface area (TPSA) is 64.6 Å². The van der Waals surface area contributed by atoms with E-state index in [9.17, 15) is 136 Å². The van der Waals surface area contributed by atoms with Gasteiger partial charge in [0, 0.05) is 16.2 Å². The van der Waals surface area contributed by atoms with Crippen molar-refractivity contribution < 1.29 is 169 Å². The lowest BCUT2D eigenvalue weighted by atomic mass is 10.1. The molecule has 0 radical (unpaired) electrons. The molecule has 122 heavy (non-hydrogen) atoms. The van der Waals surface area contributed by atoms with Gasteiger partial charge < -0.3 is 33.2 Å². The van der Waals surface area contributed by atoms with E-state index in [1.165, 1.54) is 61.5 Å². The molecule has 0 saturated carbocycles. The van der Waals surface area contributed by atoms with E-state index in [0.29, 0.717) is 50.5 Å². The highest BCUT2D eigenvalue weighted by Gasteiger charge is 2.38. The quantitative estimate of drug-likeness (QED) is 0.140. The maximum Gasteiger partial charge on any atom is 0.573 e. The Balaban J connectivity index is 0.000000177. The highest BCUT2D eigenvalue weighted by molar-refractivity contribution is 5.90. The molecule has 648 valence electrons. The first-order valence-electron chi connectivity index (χ1n) is 34.0. The molecule has 0 atom stereocenters. The van der Waals surface area contributed by atoms with Crippen LogP contribution in [0.3, 0.4) is 0 Å². The van der Waals surface area contributed by atoms with Crippen molar-refractivity contribution in [2.75, 3.05) is 0 Å². The second kappa shape index (κ2) is 38.0. The Labute approximate surface area is 667 Å². The Hall–Kier alpha value is -12.7. The monoisotopic (exact) mass is 1760 g/mol. The lowest BCUT2D eigenvalue weighted by molar-refractivity contribution is -0.277. The van der Waals surface area contributed by atoms with Crippen molar-refractivity contribution in [3.05, 3.63) is 291 Å². The van der Waals surface area contributed by atoms with Gasteiger partial charge in [0.05, 0.1) is 10.8 Å². The van der Waals surface area contributed by atoms with Crippen molar-refractivity contribution in [2.45, 2.75) is 93.3 Å². The summed E-state index contributed by atoms with van der Waals surface area (Å²) in [5.41, 5.74) is 4.97. The SMILES string of the molecule is Cc1cc(F)c2c(F)c(OC(F)(F)F)c(F)cc2c1.Cc1cc(F)c2c(F)c(OC(F)(F)F)ccc2c1.Cc1cc(F)c2cc(OC(F)(F)F)c(F)cc2c1.Cc1cc(F)c2cc(OC(F)(F)F)ccc2c1.Cc1ccc2c(F)c(OC(F)(F)F)c(F)cc2c1.Cc1ccc2cc(OC(F)(F)F)c(F)cc2c1.Cc1ccc2cc(OC(F)F)ccc2c1. The molecule has 38 heteroatoms. The van der Waals surface area contributed by atoms with Crippen LogP contribution in [0.1, 0.15) is 38.9 Å². The Bertz CT molecular complexity index is 6100. The van der Waals surface area contributed by atoms with Crippen LogP contribution in [0.5, 0.6) is 40.2 Å². The number of hydrogen-bond acceptors (Lipinski definition) is 7. The highest BCUT2D eigenvalue weighted by atomic mass is 19.4. The fraction of sp³-hybridized carbons (Fsp3) is 0.167. The molecule has 14 aromatic rings. The average Bonchev–Trinajstić information content (AvgIpc) is 0.771. The highest BCUT2D eigenvalue weighted by Crippen LogP contribution is 2.40. The fourth-order valence-corrected chi connectivity index (χ4v) is 11.5. The van der Waals surface area contributed by atoms with E-state index >= 15 is 0 Å². The van der Waals surface area contributed by atoms with Gasteiger partial charge in [0.2, 0.25) is 11.5 Å². The molecule has 0 heterocycles. The van der Waals surface area contributed by atoms with Crippen molar-refractivity contribution >= 4 is 75.4 Å². The van der Waals surface area contributed by atoms with Crippen LogP contribution in [0.25, 0.3) is 75.4 Å². The van der Waals surface area contributed by atoms with Crippen molar-refractivity contribution in [2.24, 2.45) is 0 Å². The average molecular weight is 1760 g/mol. The van der Waals surface area contributed by atoms with Crippen LogP contribution in [-0.4, -0.2) is 44.8 Å².